The summed E-state index contributed by atoms with van der Waals surface area (Å²) in [6.07, 6.45) is 0. The predicted octanol–water partition coefficient (Wildman–Crippen LogP) is 5.76. The van der Waals surface area contributed by atoms with Crippen LogP contribution < -0.4 is 14.5 Å². The Labute approximate surface area is 212 Å². The van der Waals surface area contributed by atoms with Crippen molar-refractivity contribution < 1.29 is 19.4 Å². The number of carbonyl (C=O) groups excluding carboxylic acids is 2. The summed E-state index contributed by atoms with van der Waals surface area (Å²) in [7, 11) is 1.93. The lowest BCUT2D eigenvalue weighted by Crippen LogP contribution is -2.29. The van der Waals surface area contributed by atoms with Crippen molar-refractivity contribution in [2.24, 2.45) is 0 Å². The maximum absolute atomic E-state index is 13.4. The number of aryl methyl sites for hydroxylation is 1. The Hall–Kier alpha value is -3.48. The number of rotatable bonds is 3. The summed E-state index contributed by atoms with van der Waals surface area (Å²) < 4.78 is 5.70. The molecule has 6 nitrogen and oxygen atoms in total. The van der Waals surface area contributed by atoms with E-state index >= 15 is 0 Å². The highest BCUT2D eigenvalue weighted by atomic mass is 35.5. The summed E-state index contributed by atoms with van der Waals surface area (Å²) in [5.74, 6) is -1.08. The van der Waals surface area contributed by atoms with Crippen LogP contribution in [-0.2, 0) is 9.59 Å². The summed E-state index contributed by atoms with van der Waals surface area (Å²) in [6, 6.07) is 16.6. The van der Waals surface area contributed by atoms with Gasteiger partial charge in [-0.05, 0) is 54.4 Å². The fraction of sp³-hybridized carbons (Fsp3) is 0.185. The number of fused-ring (bicyclic) bond motifs is 1. The molecule has 1 saturated heterocycles. The summed E-state index contributed by atoms with van der Waals surface area (Å²) in [6.45, 7) is 3.16. The molecule has 2 heterocycles. The van der Waals surface area contributed by atoms with Gasteiger partial charge in [0.15, 0.2) is 0 Å². The zero-order chi connectivity index (χ0) is 24.9. The van der Waals surface area contributed by atoms with Gasteiger partial charge in [0.05, 0.1) is 33.9 Å². The number of ether oxygens (including phenoxy) is 1. The first-order valence-corrected chi connectivity index (χ1v) is 11.8. The number of hydrogen-bond acceptors (Lipinski definition) is 5. The molecule has 0 bridgehead atoms. The molecular weight excluding hydrogens is 487 g/mol. The highest BCUT2D eigenvalue weighted by molar-refractivity contribution is 6.52. The Morgan fingerprint density at radius 1 is 1.03 bits per heavy atom. The number of aliphatic hydroxyl groups excluding tert-OH is 1. The van der Waals surface area contributed by atoms with Crippen LogP contribution in [0.3, 0.4) is 0 Å². The standard InChI is InChI=1S/C27H22Cl2N2O4/c1-15-5-3-4-6-18(15)24-23(25(32)16-7-10-22-21(13-16)30(2)11-12-35-22)26(33)27(34)31(24)17-8-9-19(28)20(29)14-17/h3-10,13-14,24,32H,11-12H2,1-2H3/b25-23+. The number of likely N-dealkylation sites (N-methyl/N-ethyl adjacent to an activating group) is 1. The molecule has 1 unspecified atom stereocenters. The molecule has 1 atom stereocenters. The van der Waals surface area contributed by atoms with Crippen molar-refractivity contribution in [3.05, 3.63) is 93.0 Å². The van der Waals surface area contributed by atoms with Crippen LogP contribution in [0.2, 0.25) is 10.0 Å². The average molecular weight is 509 g/mol. The van der Waals surface area contributed by atoms with Crippen molar-refractivity contribution in [2.75, 3.05) is 30.0 Å². The molecule has 35 heavy (non-hydrogen) atoms. The highest BCUT2D eigenvalue weighted by Gasteiger charge is 2.47. The van der Waals surface area contributed by atoms with E-state index in [-0.39, 0.29) is 16.4 Å². The summed E-state index contributed by atoms with van der Waals surface area (Å²) in [4.78, 5) is 30.1. The lowest BCUT2D eigenvalue weighted by Gasteiger charge is -2.28. The van der Waals surface area contributed by atoms with Gasteiger partial charge in [0, 0.05) is 18.3 Å². The van der Waals surface area contributed by atoms with Crippen LogP contribution in [0.4, 0.5) is 11.4 Å². The molecule has 0 aromatic heterocycles. The number of Topliss-reactive ketones (excluding diaryl/α,β-unsaturated/α-hetero) is 1. The molecule has 3 aromatic rings. The molecule has 3 aromatic carbocycles. The second-order valence-electron chi connectivity index (χ2n) is 8.58. The van der Waals surface area contributed by atoms with Gasteiger partial charge in [0.2, 0.25) is 0 Å². The lowest BCUT2D eigenvalue weighted by molar-refractivity contribution is -0.132. The maximum atomic E-state index is 13.4. The molecular formula is C27H22Cl2N2O4. The number of hydrogen-bond donors (Lipinski definition) is 1. The molecule has 2 aliphatic heterocycles. The van der Waals surface area contributed by atoms with E-state index in [0.29, 0.717) is 35.2 Å². The van der Waals surface area contributed by atoms with Crippen molar-refractivity contribution in [1.82, 2.24) is 0 Å². The van der Waals surface area contributed by atoms with Crippen molar-refractivity contribution in [2.45, 2.75) is 13.0 Å². The van der Waals surface area contributed by atoms with Crippen LogP contribution in [0.15, 0.2) is 66.2 Å². The third-order valence-electron chi connectivity index (χ3n) is 6.44. The lowest BCUT2D eigenvalue weighted by atomic mass is 9.92. The quantitative estimate of drug-likeness (QED) is 0.276. The van der Waals surface area contributed by atoms with Crippen LogP contribution in [0, 0.1) is 6.92 Å². The normalized spacial score (nSPS) is 19.0. The van der Waals surface area contributed by atoms with Gasteiger partial charge in [0.1, 0.15) is 18.1 Å². The van der Waals surface area contributed by atoms with Crippen molar-refractivity contribution in [1.29, 1.82) is 0 Å². The molecule has 178 valence electrons. The fourth-order valence-corrected chi connectivity index (χ4v) is 4.87. The molecule has 0 spiro atoms. The Balaban J connectivity index is 1.72. The van der Waals surface area contributed by atoms with Crippen LogP contribution >= 0.6 is 23.2 Å². The number of amides is 1. The average Bonchev–Trinajstić information content (AvgIpc) is 3.11. The molecule has 0 aliphatic carbocycles. The minimum absolute atomic E-state index is 0.00898. The summed E-state index contributed by atoms with van der Waals surface area (Å²) >= 11 is 12.3. The summed E-state index contributed by atoms with van der Waals surface area (Å²) in [5.41, 5.74) is 3.23. The second-order valence-corrected chi connectivity index (χ2v) is 9.39. The Kier molecular flexibility index (Phi) is 5.95. The van der Waals surface area contributed by atoms with E-state index in [0.717, 1.165) is 16.8 Å². The summed E-state index contributed by atoms with van der Waals surface area (Å²) in [5, 5.41) is 12.0. The zero-order valence-electron chi connectivity index (χ0n) is 19.1. The van der Waals surface area contributed by atoms with Gasteiger partial charge in [-0.3, -0.25) is 14.5 Å². The van der Waals surface area contributed by atoms with Gasteiger partial charge < -0.3 is 14.7 Å². The number of benzene rings is 3. The number of anilines is 2. The van der Waals surface area contributed by atoms with E-state index in [1.807, 2.05) is 43.1 Å². The highest BCUT2D eigenvalue weighted by Crippen LogP contribution is 2.45. The third kappa shape index (κ3) is 3.93. The molecule has 8 heteroatoms. The van der Waals surface area contributed by atoms with Crippen molar-refractivity contribution in [3.63, 3.8) is 0 Å². The Morgan fingerprint density at radius 3 is 2.54 bits per heavy atom. The van der Waals surface area contributed by atoms with E-state index in [2.05, 4.69) is 0 Å². The largest absolute Gasteiger partial charge is 0.507 e. The van der Waals surface area contributed by atoms with Gasteiger partial charge in [0.25, 0.3) is 11.7 Å². The van der Waals surface area contributed by atoms with Crippen LogP contribution in [-0.4, -0.2) is 37.0 Å². The molecule has 1 N–H and O–H groups in total. The van der Waals surface area contributed by atoms with Gasteiger partial charge >= 0.3 is 0 Å². The first-order valence-electron chi connectivity index (χ1n) is 11.1. The smallest absolute Gasteiger partial charge is 0.300 e. The van der Waals surface area contributed by atoms with E-state index in [9.17, 15) is 14.7 Å². The maximum Gasteiger partial charge on any atom is 0.300 e. The number of ketones is 1. The molecule has 1 fully saturated rings. The topological polar surface area (TPSA) is 70.1 Å². The van der Waals surface area contributed by atoms with Crippen molar-refractivity contribution >= 4 is 52.0 Å². The first kappa shape index (κ1) is 23.3. The van der Waals surface area contributed by atoms with E-state index in [4.69, 9.17) is 27.9 Å². The van der Waals surface area contributed by atoms with E-state index < -0.39 is 17.7 Å². The minimum atomic E-state index is -0.849. The molecule has 1 amide bonds. The zero-order valence-corrected chi connectivity index (χ0v) is 20.6. The molecule has 0 radical (unpaired) electrons. The predicted molar refractivity (Wildman–Crippen MR) is 138 cm³/mol. The first-order chi connectivity index (χ1) is 16.8. The second kappa shape index (κ2) is 8.95. The van der Waals surface area contributed by atoms with Gasteiger partial charge in [-0.15, -0.1) is 0 Å². The van der Waals surface area contributed by atoms with Crippen LogP contribution in [0.25, 0.3) is 5.76 Å². The molecule has 0 saturated carbocycles. The third-order valence-corrected chi connectivity index (χ3v) is 7.18. The van der Waals surface area contributed by atoms with Crippen LogP contribution in [0.5, 0.6) is 5.75 Å². The van der Waals surface area contributed by atoms with E-state index in [1.54, 1.807) is 36.4 Å². The number of halogens is 2. The van der Waals surface area contributed by atoms with Gasteiger partial charge in [-0.1, -0.05) is 47.5 Å². The Bertz CT molecular complexity index is 1400. The Morgan fingerprint density at radius 2 is 1.80 bits per heavy atom. The van der Waals surface area contributed by atoms with E-state index in [1.165, 1.54) is 4.90 Å². The number of nitrogens with zero attached hydrogens (tertiary/aromatic N) is 2. The monoisotopic (exact) mass is 508 g/mol. The minimum Gasteiger partial charge on any atom is -0.507 e. The number of aliphatic hydroxyl groups is 1. The molecule has 2 aliphatic rings. The fourth-order valence-electron chi connectivity index (χ4n) is 4.58. The SMILES string of the molecule is Cc1ccccc1C1/C(=C(\O)c2ccc3c(c2)N(C)CCO3)C(=O)C(=O)N1c1ccc(Cl)c(Cl)c1. The molecule has 5 rings (SSSR count). The van der Waals surface area contributed by atoms with Gasteiger partial charge in [-0.25, -0.2) is 0 Å². The van der Waals surface area contributed by atoms with Gasteiger partial charge in [-0.2, -0.15) is 0 Å². The van der Waals surface area contributed by atoms with Crippen molar-refractivity contribution in [3.8, 4) is 5.75 Å². The van der Waals surface area contributed by atoms with Crippen LogP contribution in [0.1, 0.15) is 22.7 Å². The number of carbonyl (C=O) groups is 2.